The molecule has 1 amide bonds. The zero-order valence-corrected chi connectivity index (χ0v) is 24.5. The zero-order valence-electron chi connectivity index (χ0n) is 23.7. The van der Waals surface area contributed by atoms with Gasteiger partial charge >= 0.3 is 0 Å². The Morgan fingerprint density at radius 1 is 1.02 bits per heavy atom. The number of pyridine rings is 1. The molecule has 2 aliphatic rings. The Morgan fingerprint density at radius 2 is 1.86 bits per heavy atom. The van der Waals surface area contributed by atoms with Gasteiger partial charge in [0.15, 0.2) is 33.2 Å². The molecule has 0 radical (unpaired) electrons. The molecule has 1 aromatic carbocycles. The summed E-state index contributed by atoms with van der Waals surface area (Å²) in [5.41, 5.74) is 1.95. The molecule has 1 atom stereocenters. The minimum atomic E-state index is -3.08. The minimum absolute atomic E-state index is 0.0281. The number of carbonyl (C=O) groups excluding carboxylic acids is 1. The number of hydrogen-bond donors (Lipinski definition) is 0. The van der Waals surface area contributed by atoms with Crippen molar-refractivity contribution in [2.45, 2.75) is 38.8 Å². The number of ether oxygens (including phenoxy) is 3. The molecule has 1 unspecified atom stereocenters. The van der Waals surface area contributed by atoms with Crippen molar-refractivity contribution in [1.82, 2.24) is 34.9 Å². The summed E-state index contributed by atoms with van der Waals surface area (Å²) in [5.74, 6) is 0.946. The average molecular weight is 620 g/mol. The third-order valence-corrected chi connectivity index (χ3v) is 9.24. The molecule has 44 heavy (non-hydrogen) atoms. The van der Waals surface area contributed by atoms with Gasteiger partial charge in [-0.05, 0) is 37.5 Å². The normalized spacial score (nSPS) is 18.5. The molecule has 14 nitrogen and oxygen atoms in total. The lowest BCUT2D eigenvalue weighted by Gasteiger charge is -2.26. The van der Waals surface area contributed by atoms with E-state index in [1.54, 1.807) is 22.7 Å². The van der Waals surface area contributed by atoms with Gasteiger partial charge in [0.1, 0.15) is 13.2 Å². The Hall–Kier alpha value is -4.47. The Bertz CT molecular complexity index is 1900. The maximum atomic E-state index is 12.8. The van der Waals surface area contributed by atoms with Crippen molar-refractivity contribution in [1.29, 1.82) is 0 Å². The van der Waals surface area contributed by atoms with Crippen LogP contribution in [0.15, 0.2) is 53.2 Å². The average Bonchev–Trinajstić information content (AvgIpc) is 3.70. The van der Waals surface area contributed by atoms with Gasteiger partial charge in [0.05, 0.1) is 22.8 Å². The maximum absolute atomic E-state index is 12.8. The Kier molecular flexibility index (Phi) is 7.66. The van der Waals surface area contributed by atoms with Gasteiger partial charge in [0.25, 0.3) is 5.91 Å². The molecule has 5 aromatic rings. The predicted octanol–water partition coefficient (Wildman–Crippen LogP) is 2.82. The second-order valence-corrected chi connectivity index (χ2v) is 13.0. The van der Waals surface area contributed by atoms with E-state index in [4.69, 9.17) is 23.8 Å². The highest BCUT2D eigenvalue weighted by Gasteiger charge is 2.26. The van der Waals surface area contributed by atoms with Gasteiger partial charge in [-0.15, -0.1) is 15.3 Å². The summed E-state index contributed by atoms with van der Waals surface area (Å²) >= 11 is 0. The summed E-state index contributed by atoms with van der Waals surface area (Å²) < 4.78 is 48.0. The first-order valence-electron chi connectivity index (χ1n) is 14.3. The van der Waals surface area contributed by atoms with Crippen molar-refractivity contribution in [2.75, 3.05) is 31.2 Å². The standard InChI is InChI=1S/C29H29N7O7S/c37-29(35-10-13-44(38,39)14-11-35)19-8-9-20(30-16-19)17-42-28-23-6-2-1-5-22(23)26-31-32-27(36(26)33-28)24-15-21(43-34-24)18-41-25-7-3-4-12-40-25/h1-2,5-6,8-9,15-16,25H,3-4,7,10-14,17-18H2. The lowest BCUT2D eigenvalue weighted by atomic mass is 10.2. The van der Waals surface area contributed by atoms with E-state index < -0.39 is 9.84 Å². The third kappa shape index (κ3) is 5.85. The fourth-order valence-electron chi connectivity index (χ4n) is 5.20. The van der Waals surface area contributed by atoms with Gasteiger partial charge in [-0.3, -0.25) is 9.78 Å². The number of rotatable bonds is 8. The molecule has 7 rings (SSSR count). The number of hydrogen-bond acceptors (Lipinski definition) is 12. The molecule has 228 valence electrons. The van der Waals surface area contributed by atoms with Gasteiger partial charge < -0.3 is 23.6 Å². The fourth-order valence-corrected chi connectivity index (χ4v) is 6.40. The molecule has 0 N–H and O–H groups in total. The number of sulfone groups is 1. The number of carbonyl (C=O) groups is 1. The predicted molar refractivity (Wildman–Crippen MR) is 155 cm³/mol. The lowest BCUT2D eigenvalue weighted by molar-refractivity contribution is -0.171. The number of amides is 1. The summed E-state index contributed by atoms with van der Waals surface area (Å²) in [6.07, 6.45) is 4.18. The largest absolute Gasteiger partial charge is 0.470 e. The Morgan fingerprint density at radius 3 is 2.64 bits per heavy atom. The SMILES string of the molecule is O=C(c1ccc(COc2nn3c(-c4cc(COC5CCCCO5)on4)nnc3c3ccccc23)nc1)N1CCS(=O)(=O)CC1. The third-order valence-electron chi connectivity index (χ3n) is 7.63. The first-order chi connectivity index (χ1) is 21.4. The molecule has 6 heterocycles. The monoisotopic (exact) mass is 619 g/mol. The number of benzene rings is 1. The molecule has 0 bridgehead atoms. The van der Waals surface area contributed by atoms with E-state index in [2.05, 4.69) is 20.3 Å². The number of nitrogens with zero attached hydrogens (tertiary/aromatic N) is 7. The second-order valence-electron chi connectivity index (χ2n) is 10.7. The molecule has 0 aliphatic carbocycles. The van der Waals surface area contributed by atoms with Gasteiger partial charge in [0.2, 0.25) is 11.7 Å². The molecular formula is C29H29N7O7S. The van der Waals surface area contributed by atoms with Crippen LogP contribution in [0.3, 0.4) is 0 Å². The van der Waals surface area contributed by atoms with Crippen molar-refractivity contribution in [2.24, 2.45) is 0 Å². The van der Waals surface area contributed by atoms with E-state index in [0.29, 0.717) is 46.7 Å². The van der Waals surface area contributed by atoms with Crippen molar-refractivity contribution in [3.63, 3.8) is 0 Å². The molecule has 2 aliphatic heterocycles. The van der Waals surface area contributed by atoms with Crippen LogP contribution in [-0.4, -0.2) is 86.7 Å². The second kappa shape index (κ2) is 11.9. The Labute approximate surface area is 251 Å². The smallest absolute Gasteiger partial charge is 0.255 e. The highest BCUT2D eigenvalue weighted by molar-refractivity contribution is 7.91. The van der Waals surface area contributed by atoms with Crippen LogP contribution < -0.4 is 4.74 Å². The van der Waals surface area contributed by atoms with E-state index >= 15 is 0 Å². The lowest BCUT2D eigenvalue weighted by Crippen LogP contribution is -2.43. The van der Waals surface area contributed by atoms with Gasteiger partial charge in [0, 0.05) is 42.7 Å². The van der Waals surface area contributed by atoms with Crippen molar-refractivity contribution in [3.05, 3.63) is 65.7 Å². The van der Waals surface area contributed by atoms with Crippen molar-refractivity contribution in [3.8, 4) is 17.4 Å². The van der Waals surface area contributed by atoms with Crippen LogP contribution in [0, 0.1) is 0 Å². The Balaban J connectivity index is 1.09. The molecule has 15 heteroatoms. The van der Waals surface area contributed by atoms with Crippen LogP contribution >= 0.6 is 0 Å². The van der Waals surface area contributed by atoms with Gasteiger partial charge in [-0.1, -0.05) is 23.4 Å². The number of fused-ring (bicyclic) bond motifs is 3. The van der Waals surface area contributed by atoms with E-state index in [0.717, 1.165) is 30.0 Å². The van der Waals surface area contributed by atoms with Crippen LogP contribution in [0.4, 0.5) is 0 Å². The van der Waals surface area contributed by atoms with E-state index in [-0.39, 0.29) is 50.0 Å². The fraction of sp³-hybridized carbons (Fsp3) is 0.379. The van der Waals surface area contributed by atoms with Crippen molar-refractivity contribution < 1.29 is 31.9 Å². The van der Waals surface area contributed by atoms with Crippen LogP contribution in [0.25, 0.3) is 27.9 Å². The summed E-state index contributed by atoms with van der Waals surface area (Å²) in [6.45, 7) is 1.35. The summed E-state index contributed by atoms with van der Waals surface area (Å²) in [5, 5.41) is 19.1. The molecular weight excluding hydrogens is 590 g/mol. The number of aromatic nitrogens is 6. The highest BCUT2D eigenvalue weighted by atomic mass is 32.2. The van der Waals surface area contributed by atoms with Gasteiger partial charge in [-0.2, -0.15) is 4.52 Å². The van der Waals surface area contributed by atoms with E-state index in [9.17, 15) is 13.2 Å². The quantitative estimate of drug-likeness (QED) is 0.250. The summed E-state index contributed by atoms with van der Waals surface area (Å²) in [4.78, 5) is 18.7. The van der Waals surface area contributed by atoms with Crippen LogP contribution in [-0.2, 0) is 32.5 Å². The zero-order chi connectivity index (χ0) is 30.1. The highest BCUT2D eigenvalue weighted by Crippen LogP contribution is 2.29. The summed E-state index contributed by atoms with van der Waals surface area (Å²) in [7, 11) is -3.08. The van der Waals surface area contributed by atoms with E-state index in [1.165, 1.54) is 11.1 Å². The maximum Gasteiger partial charge on any atom is 0.255 e. The first-order valence-corrected chi connectivity index (χ1v) is 16.2. The van der Waals surface area contributed by atoms with Crippen molar-refractivity contribution >= 4 is 32.2 Å². The van der Waals surface area contributed by atoms with Crippen LogP contribution in [0.5, 0.6) is 5.88 Å². The van der Waals surface area contributed by atoms with Gasteiger partial charge in [-0.25, -0.2) is 8.42 Å². The molecule has 4 aromatic heterocycles. The van der Waals surface area contributed by atoms with E-state index in [1.807, 2.05) is 24.3 Å². The van der Waals surface area contributed by atoms with Crippen LogP contribution in [0.1, 0.15) is 41.1 Å². The molecule has 2 fully saturated rings. The minimum Gasteiger partial charge on any atom is -0.470 e. The van der Waals surface area contributed by atoms with Crippen LogP contribution in [0.2, 0.25) is 0 Å². The topological polar surface area (TPSA) is 164 Å². The summed E-state index contributed by atoms with van der Waals surface area (Å²) in [6, 6.07) is 12.7. The first kappa shape index (κ1) is 28.3. The molecule has 0 saturated carbocycles. The molecule has 0 spiro atoms. The molecule has 2 saturated heterocycles.